The molecule has 15 rings (SSSR count). The highest BCUT2D eigenvalue weighted by atomic mass is 35.5. The standard InChI is InChI=1S/C26H23Cl2FN4O2.C25H21Cl2FN4O2.C24H19Cl2FN4O2.C23H20Cl2N4O2/c27-17-5-8-19(9-6-17)31-26(35)21-15-18(28)7-11-23(21)32-25(34)20-10-4-16(14-22(20)29)24(30)33-12-2-1-3-13-33;26-16-4-7-18(8-5-16)30-25(34)20-14-17(27)6-10-22(20)31-24(33)19-9-3-15(13-21(19)28)23(29)32-11-1-2-12-32;1-31-11-10-28-22(31)14-2-8-18(20(27)12-14)23(32)30-21-9-5-16(26)13-19(21)24(33)29-17-6-3-15(25)4-7-17;1-29(2)21(26)14-3-5-15(6-4-14)22(30)28-20-12-9-17(25)13-19(20)23(31)27-18-10-7-16(24)8-11-18/h4-11,14-15,30H,1-3,12-13H2,(H,31,35)(H,32,34);3-10,13-14,29H,1-2,11-12H2,(H,30,34)(H,31,33);2-9,12-13H,10-11H2,1H3,(H,29,33)(H,30,32);3-13,26H,1-2H3,(H,27,31)(H,28,30). The highest BCUT2D eigenvalue weighted by Gasteiger charge is 2.27. The minimum Gasteiger partial charge on any atom is -0.363 e. The Morgan fingerprint density at radius 3 is 0.865 bits per heavy atom. The van der Waals surface area contributed by atoms with E-state index >= 15 is 0 Å². The number of hydrogen-bond acceptors (Lipinski definition) is 13. The van der Waals surface area contributed by atoms with E-state index in [2.05, 4.69) is 47.5 Å². The van der Waals surface area contributed by atoms with Gasteiger partial charge in [-0.1, -0.05) is 123 Å². The fourth-order valence-electron chi connectivity index (χ4n) is 13.8. The number of amidine groups is 4. The van der Waals surface area contributed by atoms with Gasteiger partial charge < -0.3 is 62.1 Å². The Morgan fingerprint density at radius 2 is 0.571 bits per heavy atom. The maximum absolute atomic E-state index is 14.9. The number of nitrogens with one attached hydrogen (secondary N) is 11. The summed E-state index contributed by atoms with van der Waals surface area (Å²) < 4.78 is 44.5. The van der Waals surface area contributed by atoms with Crippen molar-refractivity contribution < 1.29 is 51.5 Å². The van der Waals surface area contributed by atoms with E-state index in [-0.39, 0.29) is 73.6 Å². The smallest absolute Gasteiger partial charge is 0.258 e. The van der Waals surface area contributed by atoms with Gasteiger partial charge in [0.15, 0.2) is 0 Å². The zero-order valence-electron chi connectivity index (χ0n) is 71.1. The molecule has 11 N–H and O–H groups in total. The third-order valence-electron chi connectivity index (χ3n) is 20.8. The molecular weight excluding hydrogens is 1870 g/mol. The molecule has 3 heterocycles. The number of anilines is 8. The number of piperidine rings is 1. The molecule has 24 nitrogen and oxygen atoms in total. The quantitative estimate of drug-likeness (QED) is 0.0251. The lowest BCUT2D eigenvalue weighted by Gasteiger charge is -2.29. The van der Waals surface area contributed by atoms with Gasteiger partial charge in [-0.05, 0) is 250 Å². The van der Waals surface area contributed by atoms with Gasteiger partial charge in [0.1, 0.15) is 40.8 Å². The molecule has 0 saturated carbocycles. The van der Waals surface area contributed by atoms with E-state index in [1.807, 2.05) is 21.7 Å². The predicted octanol–water partition coefficient (Wildman–Crippen LogP) is 23.2. The van der Waals surface area contributed by atoms with Crippen LogP contribution >= 0.6 is 92.8 Å². The van der Waals surface area contributed by atoms with Crippen LogP contribution in [0.15, 0.2) is 254 Å². The minimum absolute atomic E-state index is 0.114. The van der Waals surface area contributed by atoms with Gasteiger partial charge in [-0.25, -0.2) is 13.2 Å². The summed E-state index contributed by atoms with van der Waals surface area (Å²) in [6, 6.07) is 63.5. The Labute approximate surface area is 803 Å². The van der Waals surface area contributed by atoms with Crippen molar-refractivity contribution in [2.75, 3.05) is 103 Å². The summed E-state index contributed by atoms with van der Waals surface area (Å²) in [4.78, 5) is 114. The molecule has 0 aromatic heterocycles. The van der Waals surface area contributed by atoms with Crippen LogP contribution in [0.2, 0.25) is 40.2 Å². The average molecular weight is 1950 g/mol. The molecule has 2 saturated heterocycles. The fourth-order valence-corrected chi connectivity index (χ4v) is 15.0. The summed E-state index contributed by atoms with van der Waals surface area (Å²) in [5.41, 5.74) is 5.51. The van der Waals surface area contributed by atoms with Crippen LogP contribution in [0.3, 0.4) is 0 Å². The summed E-state index contributed by atoms with van der Waals surface area (Å²) in [5, 5.41) is 49.5. The number of hydrogen-bond donors (Lipinski definition) is 11. The Kier molecular flexibility index (Phi) is 34.0. The maximum atomic E-state index is 14.9. The lowest BCUT2D eigenvalue weighted by atomic mass is 10.1. The first kappa shape index (κ1) is 98.4. The zero-order chi connectivity index (χ0) is 95.3. The van der Waals surface area contributed by atoms with E-state index in [0.717, 1.165) is 64.8 Å². The van der Waals surface area contributed by atoms with Gasteiger partial charge in [-0.3, -0.25) is 59.6 Å². The molecule has 3 aliphatic heterocycles. The van der Waals surface area contributed by atoms with Gasteiger partial charge in [0.25, 0.3) is 47.3 Å². The summed E-state index contributed by atoms with van der Waals surface area (Å²) in [5.74, 6) is -5.12. The molecule has 3 aliphatic rings. The highest BCUT2D eigenvalue weighted by molar-refractivity contribution is 6.34. The molecular formula is C98H83Cl8F3N16O8. The molecule has 133 heavy (non-hydrogen) atoms. The second kappa shape index (κ2) is 46.0. The van der Waals surface area contributed by atoms with Crippen molar-refractivity contribution in [2.24, 2.45) is 4.99 Å². The topological polar surface area (TPSA) is 330 Å². The highest BCUT2D eigenvalue weighted by Crippen LogP contribution is 2.32. The molecule has 12 aromatic carbocycles. The third-order valence-corrected chi connectivity index (χ3v) is 22.7. The largest absolute Gasteiger partial charge is 0.363 e. The molecule has 0 unspecified atom stereocenters. The summed E-state index contributed by atoms with van der Waals surface area (Å²) in [7, 11) is 5.43. The van der Waals surface area contributed by atoms with E-state index in [9.17, 15) is 51.5 Å². The van der Waals surface area contributed by atoms with Gasteiger partial charge in [0.2, 0.25) is 0 Å². The number of amides is 8. The number of likely N-dealkylation sites (N-methyl/N-ethyl adjacent to an activating group) is 1. The molecule has 35 heteroatoms. The van der Waals surface area contributed by atoms with Crippen molar-refractivity contribution in [1.29, 1.82) is 16.2 Å². The van der Waals surface area contributed by atoms with E-state index in [0.29, 0.717) is 115 Å². The van der Waals surface area contributed by atoms with E-state index < -0.39 is 58.8 Å². The average Bonchev–Trinajstić information content (AvgIpc) is 1.62. The summed E-state index contributed by atoms with van der Waals surface area (Å²) in [6.07, 6.45) is 5.13. The number of nitrogens with zero attached hydrogens (tertiary/aromatic N) is 5. The summed E-state index contributed by atoms with van der Waals surface area (Å²) >= 11 is 47.8. The number of aliphatic imine (C=N–C) groups is 1. The molecule has 0 bridgehead atoms. The number of benzene rings is 12. The van der Waals surface area contributed by atoms with Crippen LogP contribution in [0, 0.1) is 33.7 Å². The lowest BCUT2D eigenvalue weighted by molar-refractivity contribution is 0.100. The lowest BCUT2D eigenvalue weighted by Crippen LogP contribution is -2.35. The first-order chi connectivity index (χ1) is 63.7. The van der Waals surface area contributed by atoms with Gasteiger partial charge in [-0.15, -0.1) is 0 Å². The van der Waals surface area contributed by atoms with Crippen molar-refractivity contribution in [1.82, 2.24) is 19.6 Å². The SMILES string of the molecule is CN(C)C(=N)c1ccc(C(=O)Nc2ccc(Cl)cc2C(=O)Nc2ccc(Cl)cc2)cc1.CN1CCN=C1c1ccc(C(=O)Nc2ccc(Cl)cc2C(=O)Nc2ccc(Cl)cc2)c(F)c1.N=C(c1ccc(C(=O)Nc2ccc(Cl)cc2C(=O)Nc2ccc(Cl)cc2)c(F)c1)N1CCCC1.N=C(c1ccc(C(=O)Nc2ccc(Cl)cc2C(=O)Nc2ccc(Cl)cc2)c(F)c1)N1CCCCC1. The van der Waals surface area contributed by atoms with Gasteiger partial charge in [0.05, 0.1) is 68.2 Å². The van der Waals surface area contributed by atoms with Crippen LogP contribution in [-0.4, -0.2) is 151 Å². The monoisotopic (exact) mass is 1950 g/mol. The first-order valence-corrected chi connectivity index (χ1v) is 44.1. The van der Waals surface area contributed by atoms with Crippen LogP contribution in [-0.2, 0) is 0 Å². The van der Waals surface area contributed by atoms with Crippen molar-refractivity contribution in [2.45, 2.75) is 32.1 Å². The number of likely N-dealkylation sites (tertiary alicyclic amines) is 2. The van der Waals surface area contributed by atoms with E-state index in [1.54, 1.807) is 171 Å². The van der Waals surface area contributed by atoms with Crippen LogP contribution in [0.5, 0.6) is 0 Å². The predicted molar refractivity (Wildman–Crippen MR) is 525 cm³/mol. The molecule has 0 spiro atoms. The third kappa shape index (κ3) is 26.9. The Hall–Kier alpha value is -13.6. The molecule has 8 amide bonds. The number of rotatable bonds is 20. The normalized spacial score (nSPS) is 12.4. The van der Waals surface area contributed by atoms with Crippen LogP contribution in [0.4, 0.5) is 58.7 Å². The van der Waals surface area contributed by atoms with Crippen molar-refractivity contribution in [3.63, 3.8) is 0 Å². The minimum atomic E-state index is -0.750. The Balaban J connectivity index is 0.000000160. The molecule has 0 atom stereocenters. The van der Waals surface area contributed by atoms with Crippen LogP contribution in [0.25, 0.3) is 0 Å². The molecule has 0 aliphatic carbocycles. The van der Waals surface area contributed by atoms with Crippen LogP contribution in [0.1, 0.15) is 137 Å². The zero-order valence-corrected chi connectivity index (χ0v) is 77.2. The van der Waals surface area contributed by atoms with Crippen LogP contribution < -0.4 is 42.5 Å². The van der Waals surface area contributed by atoms with Crippen molar-refractivity contribution >= 4 is 209 Å². The second-order valence-corrected chi connectivity index (χ2v) is 33.9. The van der Waals surface area contributed by atoms with Gasteiger partial charge >= 0.3 is 0 Å². The first-order valence-electron chi connectivity index (χ1n) is 41.1. The van der Waals surface area contributed by atoms with Gasteiger partial charge in [-0.2, -0.15) is 0 Å². The number of halogens is 11. The summed E-state index contributed by atoms with van der Waals surface area (Å²) in [6.45, 7) is 4.46. The maximum Gasteiger partial charge on any atom is 0.258 e. The van der Waals surface area contributed by atoms with E-state index in [4.69, 9.17) is 109 Å². The number of carbonyl (C=O) groups excluding carboxylic acids is 8. The molecule has 0 radical (unpaired) electrons. The van der Waals surface area contributed by atoms with Crippen molar-refractivity contribution in [3.8, 4) is 0 Å². The number of carbonyl (C=O) groups is 8. The molecule has 680 valence electrons. The van der Waals surface area contributed by atoms with Crippen molar-refractivity contribution in [3.05, 3.63) is 373 Å². The second-order valence-electron chi connectivity index (χ2n) is 30.4. The van der Waals surface area contributed by atoms with Gasteiger partial charge in [0, 0.05) is 145 Å². The van der Waals surface area contributed by atoms with E-state index in [1.165, 1.54) is 97.1 Å². The Bertz CT molecular complexity index is 6470. The fraction of sp³-hybridized carbons (Fsp3) is 0.143. The Morgan fingerprint density at radius 1 is 0.301 bits per heavy atom. The molecule has 2 fully saturated rings. The molecule has 12 aromatic rings.